The molecule has 10 heteroatoms. The summed E-state index contributed by atoms with van der Waals surface area (Å²) >= 11 is 1.54. The Morgan fingerprint density at radius 3 is 2.88 bits per heavy atom. The summed E-state index contributed by atoms with van der Waals surface area (Å²) in [7, 11) is 1.81. The van der Waals surface area contributed by atoms with Crippen molar-refractivity contribution in [3.05, 3.63) is 33.0 Å². The molecule has 0 amide bonds. The molecule has 3 aromatic rings. The molecule has 9 nitrogen and oxygen atoms in total. The van der Waals surface area contributed by atoms with Crippen LogP contribution in [0.2, 0.25) is 0 Å². The van der Waals surface area contributed by atoms with E-state index in [2.05, 4.69) is 31.7 Å². The average molecular weight is 375 g/mol. The normalized spacial score (nSPS) is 14.4. The molecule has 3 aromatic heterocycles. The third-order valence-electron chi connectivity index (χ3n) is 4.65. The van der Waals surface area contributed by atoms with Gasteiger partial charge in [0.15, 0.2) is 16.3 Å². The predicted octanol–water partition coefficient (Wildman–Crippen LogP) is 1.44. The number of hydrogen-bond donors (Lipinski definition) is 1. The fraction of sp³-hybridized carbons (Fsp3) is 0.562. The molecule has 1 fully saturated rings. The molecule has 0 unspecified atom stereocenters. The van der Waals surface area contributed by atoms with Crippen molar-refractivity contribution in [2.24, 2.45) is 7.05 Å². The molecule has 0 spiro atoms. The monoisotopic (exact) mass is 375 g/mol. The van der Waals surface area contributed by atoms with Gasteiger partial charge in [0.1, 0.15) is 12.2 Å². The molecule has 0 atom stereocenters. The van der Waals surface area contributed by atoms with Crippen molar-refractivity contribution < 1.29 is 0 Å². The summed E-state index contributed by atoms with van der Waals surface area (Å²) in [4.78, 5) is 31.5. The third-order valence-corrected chi connectivity index (χ3v) is 5.61. The zero-order valence-electron chi connectivity index (χ0n) is 14.8. The maximum Gasteiger partial charge on any atom is 0.330 e. The Labute approximate surface area is 153 Å². The first-order valence-corrected chi connectivity index (χ1v) is 9.79. The number of rotatable bonds is 7. The highest BCUT2D eigenvalue weighted by Gasteiger charge is 2.26. The summed E-state index contributed by atoms with van der Waals surface area (Å²) in [6.07, 6.45) is 5.90. The number of H-pyrrole nitrogens is 1. The van der Waals surface area contributed by atoms with Gasteiger partial charge in [-0.2, -0.15) is 0 Å². The largest absolute Gasteiger partial charge is 0.330 e. The van der Waals surface area contributed by atoms with Crippen LogP contribution >= 0.6 is 11.8 Å². The maximum atomic E-state index is 12.3. The van der Waals surface area contributed by atoms with Crippen LogP contribution < -0.4 is 11.2 Å². The summed E-state index contributed by atoms with van der Waals surface area (Å²) in [6.45, 7) is 2.60. The van der Waals surface area contributed by atoms with Crippen LogP contribution in [0, 0.1) is 0 Å². The first kappa shape index (κ1) is 17.1. The van der Waals surface area contributed by atoms with E-state index < -0.39 is 11.2 Å². The average Bonchev–Trinajstić information content (AvgIpc) is 3.25. The smallest absolute Gasteiger partial charge is 0.325 e. The summed E-state index contributed by atoms with van der Waals surface area (Å²) in [6, 6.07) is 0.509. The number of aromatic nitrogens is 7. The van der Waals surface area contributed by atoms with E-state index in [0.717, 1.165) is 36.7 Å². The Morgan fingerprint density at radius 2 is 2.15 bits per heavy atom. The Balaban J connectivity index is 1.68. The van der Waals surface area contributed by atoms with E-state index in [1.807, 2.05) is 0 Å². The van der Waals surface area contributed by atoms with Gasteiger partial charge >= 0.3 is 5.69 Å². The predicted molar refractivity (Wildman–Crippen MR) is 98.4 cm³/mol. The van der Waals surface area contributed by atoms with Crippen LogP contribution in [0.25, 0.3) is 11.2 Å². The van der Waals surface area contributed by atoms with E-state index >= 15 is 0 Å². The van der Waals surface area contributed by atoms with Crippen LogP contribution in [-0.2, 0) is 19.3 Å². The fourth-order valence-corrected chi connectivity index (χ4v) is 3.98. The van der Waals surface area contributed by atoms with E-state index in [1.165, 1.54) is 0 Å². The number of imidazole rings is 1. The standard InChI is InChI=1S/C16H21N7O2S/c1-3-4-7-22-13-12(14(24)19-15(22)25)21(2)11(18-13)8-26-16-20-17-9-23(16)10-5-6-10/h9-10H,3-8H2,1-2H3,(H,19,24,25). The minimum Gasteiger partial charge on any atom is -0.325 e. The summed E-state index contributed by atoms with van der Waals surface area (Å²) in [5, 5.41) is 9.04. The molecule has 1 saturated carbocycles. The van der Waals surface area contributed by atoms with Crippen LogP contribution in [0.1, 0.15) is 44.5 Å². The van der Waals surface area contributed by atoms with E-state index in [1.54, 1.807) is 34.3 Å². The van der Waals surface area contributed by atoms with Gasteiger partial charge < -0.3 is 9.13 Å². The van der Waals surface area contributed by atoms with Gasteiger partial charge in [0.2, 0.25) is 0 Å². The Hall–Kier alpha value is -2.36. The van der Waals surface area contributed by atoms with Gasteiger partial charge in [0.05, 0.1) is 5.75 Å². The quantitative estimate of drug-likeness (QED) is 0.627. The highest BCUT2D eigenvalue weighted by atomic mass is 32.2. The summed E-state index contributed by atoms with van der Waals surface area (Å²) < 4.78 is 5.42. The van der Waals surface area contributed by atoms with Crippen LogP contribution in [-0.4, -0.2) is 33.9 Å². The van der Waals surface area contributed by atoms with Crippen molar-refractivity contribution in [1.82, 2.24) is 33.9 Å². The molecule has 0 radical (unpaired) electrons. The van der Waals surface area contributed by atoms with Gasteiger partial charge in [0, 0.05) is 19.6 Å². The third kappa shape index (κ3) is 2.98. The molecule has 3 heterocycles. The molecule has 138 valence electrons. The first-order chi connectivity index (χ1) is 12.6. The van der Waals surface area contributed by atoms with Gasteiger partial charge in [-0.1, -0.05) is 25.1 Å². The van der Waals surface area contributed by atoms with Crippen LogP contribution in [0.15, 0.2) is 21.1 Å². The zero-order chi connectivity index (χ0) is 18.3. The second kappa shape index (κ2) is 6.75. The molecule has 1 aliphatic carbocycles. The molecule has 0 bridgehead atoms. The second-order valence-corrected chi connectivity index (χ2v) is 7.51. The number of nitrogens with one attached hydrogen (secondary N) is 1. The Bertz CT molecular complexity index is 1060. The molecule has 0 aromatic carbocycles. The van der Waals surface area contributed by atoms with Crippen molar-refractivity contribution in [3.8, 4) is 0 Å². The molecule has 26 heavy (non-hydrogen) atoms. The highest BCUT2D eigenvalue weighted by Crippen LogP contribution is 2.37. The highest BCUT2D eigenvalue weighted by molar-refractivity contribution is 7.98. The number of thioether (sulfide) groups is 1. The lowest BCUT2D eigenvalue weighted by Gasteiger charge is -2.04. The van der Waals surface area contributed by atoms with E-state index in [0.29, 0.717) is 29.5 Å². The van der Waals surface area contributed by atoms with Gasteiger partial charge in [-0.05, 0) is 19.3 Å². The SMILES string of the molecule is CCCCn1c(=O)[nH]c(=O)c2c1nc(CSc1nncn1C1CC1)n2C. The Morgan fingerprint density at radius 1 is 1.35 bits per heavy atom. The van der Waals surface area contributed by atoms with Gasteiger partial charge in [-0.25, -0.2) is 9.78 Å². The van der Waals surface area contributed by atoms with Gasteiger partial charge in [-0.15, -0.1) is 10.2 Å². The molecule has 0 aliphatic heterocycles. The number of aryl methyl sites for hydroxylation is 2. The molecule has 4 rings (SSSR count). The number of unbranched alkanes of at least 4 members (excludes halogenated alkanes) is 1. The van der Waals surface area contributed by atoms with E-state index in [4.69, 9.17) is 0 Å². The van der Waals surface area contributed by atoms with Crippen molar-refractivity contribution in [3.63, 3.8) is 0 Å². The summed E-state index contributed by atoms with van der Waals surface area (Å²) in [5.74, 6) is 1.29. The number of nitrogens with zero attached hydrogens (tertiary/aromatic N) is 6. The molecular weight excluding hydrogens is 354 g/mol. The number of aromatic amines is 1. The molecule has 0 saturated heterocycles. The minimum atomic E-state index is -0.401. The van der Waals surface area contributed by atoms with Crippen molar-refractivity contribution in [2.75, 3.05) is 0 Å². The lowest BCUT2D eigenvalue weighted by molar-refractivity contribution is 0.613. The lowest BCUT2D eigenvalue weighted by Crippen LogP contribution is -2.31. The topological polar surface area (TPSA) is 103 Å². The van der Waals surface area contributed by atoms with E-state index in [9.17, 15) is 9.59 Å². The molecular formula is C16H21N7O2S. The first-order valence-electron chi connectivity index (χ1n) is 8.81. The van der Waals surface area contributed by atoms with Gasteiger partial charge in [0.25, 0.3) is 5.56 Å². The van der Waals surface area contributed by atoms with Crippen molar-refractivity contribution >= 4 is 22.9 Å². The number of fused-ring (bicyclic) bond motifs is 1. The van der Waals surface area contributed by atoms with Gasteiger partial charge in [-0.3, -0.25) is 14.3 Å². The fourth-order valence-electron chi connectivity index (χ4n) is 3.01. The van der Waals surface area contributed by atoms with Crippen LogP contribution in [0.4, 0.5) is 0 Å². The van der Waals surface area contributed by atoms with Crippen molar-refractivity contribution in [1.29, 1.82) is 0 Å². The molecule has 1 N–H and O–H groups in total. The second-order valence-electron chi connectivity index (χ2n) is 6.56. The molecule has 1 aliphatic rings. The van der Waals surface area contributed by atoms with Crippen molar-refractivity contribution in [2.45, 2.75) is 56.1 Å². The van der Waals surface area contributed by atoms with E-state index in [-0.39, 0.29) is 0 Å². The lowest BCUT2D eigenvalue weighted by atomic mass is 10.3. The minimum absolute atomic E-state index is 0.398. The summed E-state index contributed by atoms with van der Waals surface area (Å²) in [5.41, 5.74) is 0.0841. The van der Waals surface area contributed by atoms with Crippen LogP contribution in [0.5, 0.6) is 0 Å². The van der Waals surface area contributed by atoms with Crippen LogP contribution in [0.3, 0.4) is 0 Å². The zero-order valence-corrected chi connectivity index (χ0v) is 15.6. The Kier molecular flexibility index (Phi) is 4.43. The number of hydrogen-bond acceptors (Lipinski definition) is 6. The maximum absolute atomic E-state index is 12.3.